The lowest BCUT2D eigenvalue weighted by atomic mass is 9.85. The number of carbonyl (C=O) groups is 1. The summed E-state index contributed by atoms with van der Waals surface area (Å²) < 4.78 is 11.4. The highest BCUT2D eigenvalue weighted by Gasteiger charge is 2.25. The average molecular weight is 462 g/mol. The van der Waals surface area contributed by atoms with Gasteiger partial charge < -0.3 is 20.5 Å². The van der Waals surface area contributed by atoms with E-state index in [4.69, 9.17) is 15.2 Å². The fourth-order valence-electron chi connectivity index (χ4n) is 4.16. The first-order valence-corrected chi connectivity index (χ1v) is 10.6. The van der Waals surface area contributed by atoms with Crippen LogP contribution in [0.1, 0.15) is 44.1 Å². The van der Waals surface area contributed by atoms with E-state index >= 15 is 0 Å². The molecule has 2 atom stereocenters. The molecular weight excluding hydrogens is 425 g/mol. The molecule has 1 aromatic rings. The van der Waals surface area contributed by atoms with Crippen LogP contribution in [0, 0.1) is 5.92 Å². The van der Waals surface area contributed by atoms with Gasteiger partial charge in [0, 0.05) is 44.3 Å². The first-order chi connectivity index (χ1) is 13.6. The smallest absolute Gasteiger partial charge is 0.223 e. The first kappa shape index (κ1) is 27.0. The third-order valence-corrected chi connectivity index (χ3v) is 5.98. The van der Waals surface area contributed by atoms with Gasteiger partial charge in [0.25, 0.3) is 0 Å². The van der Waals surface area contributed by atoms with E-state index in [9.17, 15) is 4.79 Å². The minimum Gasteiger partial charge on any atom is -0.492 e. The number of nitrogens with two attached hydrogens (primary N) is 1. The molecular formula is C22H37Cl2N3O3. The number of ether oxygens (including phenoxy) is 2. The highest BCUT2D eigenvalue weighted by Crippen LogP contribution is 2.23. The van der Waals surface area contributed by atoms with Crippen molar-refractivity contribution >= 4 is 30.7 Å². The number of benzene rings is 1. The number of likely N-dealkylation sites (N-methyl/N-ethyl adjacent to an activating group) is 1. The molecule has 0 spiro atoms. The number of carbonyl (C=O) groups excluding carboxylic acids is 1. The maximum Gasteiger partial charge on any atom is 0.223 e. The van der Waals surface area contributed by atoms with Crippen LogP contribution in [0.15, 0.2) is 24.3 Å². The van der Waals surface area contributed by atoms with Gasteiger partial charge in [0.15, 0.2) is 0 Å². The molecule has 1 aliphatic heterocycles. The molecule has 8 heteroatoms. The van der Waals surface area contributed by atoms with Crippen molar-refractivity contribution in [3.05, 3.63) is 29.8 Å². The van der Waals surface area contributed by atoms with Gasteiger partial charge >= 0.3 is 0 Å². The molecule has 172 valence electrons. The van der Waals surface area contributed by atoms with Crippen LogP contribution in [0.5, 0.6) is 5.75 Å². The topological polar surface area (TPSA) is 76.8 Å². The summed E-state index contributed by atoms with van der Waals surface area (Å²) >= 11 is 0. The van der Waals surface area contributed by atoms with Crippen LogP contribution in [-0.2, 0) is 16.1 Å². The Bertz CT molecular complexity index is 629. The second-order valence-corrected chi connectivity index (χ2v) is 8.16. The Balaban J connectivity index is 0.00000225. The van der Waals surface area contributed by atoms with Crippen molar-refractivity contribution < 1.29 is 14.3 Å². The third-order valence-electron chi connectivity index (χ3n) is 5.98. The lowest BCUT2D eigenvalue weighted by Crippen LogP contribution is -2.38. The quantitative estimate of drug-likeness (QED) is 0.621. The van der Waals surface area contributed by atoms with E-state index in [1.807, 2.05) is 24.3 Å². The molecule has 2 unspecified atom stereocenters. The summed E-state index contributed by atoms with van der Waals surface area (Å²) in [5, 5.41) is 3.06. The molecule has 1 heterocycles. The number of rotatable bonds is 8. The minimum atomic E-state index is 0. The van der Waals surface area contributed by atoms with Crippen LogP contribution in [0.3, 0.4) is 0 Å². The van der Waals surface area contributed by atoms with Gasteiger partial charge in [0.1, 0.15) is 12.4 Å². The average Bonchev–Trinajstić information content (AvgIpc) is 2.73. The number of hydrogen-bond donors (Lipinski definition) is 2. The molecule has 0 aromatic heterocycles. The van der Waals surface area contributed by atoms with Crippen LogP contribution in [0.4, 0.5) is 0 Å². The maximum atomic E-state index is 12.4. The summed E-state index contributed by atoms with van der Waals surface area (Å²) in [6, 6.07) is 8.75. The van der Waals surface area contributed by atoms with Crippen molar-refractivity contribution in [2.24, 2.45) is 11.7 Å². The summed E-state index contributed by atoms with van der Waals surface area (Å²) in [6.07, 6.45) is 6.02. The third kappa shape index (κ3) is 8.60. The largest absolute Gasteiger partial charge is 0.492 e. The Hall–Kier alpha value is -1.05. The van der Waals surface area contributed by atoms with E-state index < -0.39 is 0 Å². The zero-order valence-electron chi connectivity index (χ0n) is 17.9. The van der Waals surface area contributed by atoms with Crippen molar-refractivity contribution in [3.8, 4) is 5.75 Å². The van der Waals surface area contributed by atoms with E-state index in [1.165, 1.54) is 0 Å². The molecule has 6 nitrogen and oxygen atoms in total. The van der Waals surface area contributed by atoms with Crippen LogP contribution >= 0.6 is 24.8 Å². The monoisotopic (exact) mass is 461 g/mol. The lowest BCUT2D eigenvalue weighted by molar-refractivity contribution is -0.126. The van der Waals surface area contributed by atoms with E-state index in [0.29, 0.717) is 19.2 Å². The Morgan fingerprint density at radius 1 is 1.23 bits per heavy atom. The molecule has 2 fully saturated rings. The number of hydrogen-bond acceptors (Lipinski definition) is 5. The Labute approximate surface area is 193 Å². The maximum absolute atomic E-state index is 12.4. The van der Waals surface area contributed by atoms with Gasteiger partial charge in [-0.05, 0) is 56.8 Å². The molecule has 1 saturated carbocycles. The molecule has 1 aromatic carbocycles. The number of halogens is 2. The zero-order chi connectivity index (χ0) is 19.8. The van der Waals surface area contributed by atoms with Gasteiger partial charge in [-0.15, -0.1) is 24.8 Å². The van der Waals surface area contributed by atoms with E-state index in [0.717, 1.165) is 69.6 Å². The Kier molecular flexibility index (Phi) is 12.7. The zero-order valence-corrected chi connectivity index (χ0v) is 19.5. The molecule has 1 saturated heterocycles. The van der Waals surface area contributed by atoms with Crippen molar-refractivity contribution in [1.29, 1.82) is 0 Å². The van der Waals surface area contributed by atoms with Crippen LogP contribution in [-0.4, -0.2) is 56.3 Å². The van der Waals surface area contributed by atoms with Crippen LogP contribution < -0.4 is 15.8 Å². The normalized spacial score (nSPS) is 22.0. The van der Waals surface area contributed by atoms with Crippen LogP contribution in [0.2, 0.25) is 0 Å². The van der Waals surface area contributed by atoms with E-state index in [2.05, 4.69) is 17.3 Å². The predicted molar refractivity (Wildman–Crippen MR) is 125 cm³/mol. The minimum absolute atomic E-state index is 0. The number of nitrogens with zero attached hydrogens (tertiary/aromatic N) is 1. The second-order valence-electron chi connectivity index (χ2n) is 8.16. The highest BCUT2D eigenvalue weighted by molar-refractivity contribution is 5.85. The summed E-state index contributed by atoms with van der Waals surface area (Å²) in [6.45, 7) is 3.80. The second kappa shape index (κ2) is 14.1. The van der Waals surface area contributed by atoms with Gasteiger partial charge in [-0.3, -0.25) is 9.69 Å². The number of nitrogens with one attached hydrogen (secondary N) is 1. The van der Waals surface area contributed by atoms with Gasteiger partial charge in [-0.1, -0.05) is 18.6 Å². The van der Waals surface area contributed by atoms with Crippen molar-refractivity contribution in [3.63, 3.8) is 0 Å². The number of amides is 1. The summed E-state index contributed by atoms with van der Waals surface area (Å²) in [4.78, 5) is 14.7. The fourth-order valence-corrected chi connectivity index (χ4v) is 4.16. The van der Waals surface area contributed by atoms with Crippen molar-refractivity contribution in [2.45, 2.75) is 57.2 Å². The standard InChI is InChI=1S/C22H35N3O3.2ClH/c1-25(20-8-11-27-12-9-20)10-13-28-21-7-2-4-17(14-21)16-24-22(26)18-5-3-6-19(23)15-18;;/h2,4,7,14,18-20H,3,5-6,8-13,15-16,23H2,1H3,(H,24,26);2*1H. The van der Waals surface area contributed by atoms with E-state index in [-0.39, 0.29) is 42.7 Å². The fraction of sp³-hybridized carbons (Fsp3) is 0.682. The van der Waals surface area contributed by atoms with Gasteiger partial charge in [-0.2, -0.15) is 0 Å². The van der Waals surface area contributed by atoms with Crippen molar-refractivity contribution in [1.82, 2.24) is 10.2 Å². The molecule has 3 N–H and O–H groups in total. The molecule has 1 aliphatic carbocycles. The molecule has 3 rings (SSSR count). The molecule has 2 aliphatic rings. The van der Waals surface area contributed by atoms with Crippen molar-refractivity contribution in [2.75, 3.05) is 33.4 Å². The SMILES string of the molecule is CN(CCOc1cccc(CNC(=O)C2CCCC(N)C2)c1)C1CCOCC1.Cl.Cl. The van der Waals surface area contributed by atoms with Gasteiger partial charge in [0.05, 0.1) is 0 Å². The predicted octanol–water partition coefficient (Wildman–Crippen LogP) is 3.15. The summed E-state index contributed by atoms with van der Waals surface area (Å²) in [7, 11) is 2.16. The molecule has 30 heavy (non-hydrogen) atoms. The van der Waals surface area contributed by atoms with Gasteiger partial charge in [-0.25, -0.2) is 0 Å². The summed E-state index contributed by atoms with van der Waals surface area (Å²) in [5.74, 6) is 1.04. The molecule has 1 amide bonds. The van der Waals surface area contributed by atoms with Crippen LogP contribution in [0.25, 0.3) is 0 Å². The lowest BCUT2D eigenvalue weighted by Gasteiger charge is -2.31. The van der Waals surface area contributed by atoms with E-state index in [1.54, 1.807) is 0 Å². The molecule has 0 bridgehead atoms. The highest BCUT2D eigenvalue weighted by atomic mass is 35.5. The Morgan fingerprint density at radius 3 is 2.73 bits per heavy atom. The summed E-state index contributed by atoms with van der Waals surface area (Å²) in [5.41, 5.74) is 7.06. The van der Waals surface area contributed by atoms with Gasteiger partial charge in [0.2, 0.25) is 5.91 Å². The molecule has 0 radical (unpaired) electrons. The first-order valence-electron chi connectivity index (χ1n) is 10.6. The Morgan fingerprint density at radius 2 is 2.00 bits per heavy atom.